The molecule has 1 aliphatic rings. The van der Waals surface area contributed by atoms with E-state index < -0.39 is 0 Å². The van der Waals surface area contributed by atoms with Gasteiger partial charge in [-0.3, -0.25) is 4.90 Å². The van der Waals surface area contributed by atoms with Crippen LogP contribution in [0.4, 0.5) is 0 Å². The van der Waals surface area contributed by atoms with Crippen molar-refractivity contribution in [2.24, 2.45) is 17.6 Å². The molecule has 0 spiro atoms. The zero-order valence-electron chi connectivity index (χ0n) is 12.3. The minimum absolute atomic E-state index is 0.681. The largest absolute Gasteiger partial charge is 0.468 e. The highest BCUT2D eigenvalue weighted by Gasteiger charge is 2.31. The van der Waals surface area contributed by atoms with Crippen LogP contribution in [0.25, 0.3) is 0 Å². The molecule has 1 saturated carbocycles. The fraction of sp³-hybridized carbons (Fsp3) is 0.750. The summed E-state index contributed by atoms with van der Waals surface area (Å²) in [4.78, 5) is 2.59. The lowest BCUT2D eigenvalue weighted by molar-refractivity contribution is 0.0690. The molecule has 0 bridgehead atoms. The van der Waals surface area contributed by atoms with Gasteiger partial charge in [0, 0.05) is 12.6 Å². The average Bonchev–Trinajstić information content (AvgIpc) is 2.91. The van der Waals surface area contributed by atoms with Gasteiger partial charge in [0.05, 0.1) is 12.8 Å². The third kappa shape index (κ3) is 3.83. The van der Waals surface area contributed by atoms with E-state index in [0.717, 1.165) is 43.7 Å². The van der Waals surface area contributed by atoms with Gasteiger partial charge in [0.25, 0.3) is 0 Å². The van der Waals surface area contributed by atoms with Crippen LogP contribution in [0, 0.1) is 11.8 Å². The maximum atomic E-state index is 5.69. The molecule has 0 aromatic carbocycles. The Morgan fingerprint density at radius 1 is 1.37 bits per heavy atom. The summed E-state index contributed by atoms with van der Waals surface area (Å²) in [5.41, 5.74) is 5.69. The van der Waals surface area contributed by atoms with Crippen LogP contribution in [0.15, 0.2) is 22.8 Å². The molecule has 1 aromatic rings. The van der Waals surface area contributed by atoms with E-state index in [1.54, 1.807) is 6.26 Å². The van der Waals surface area contributed by atoms with Crippen molar-refractivity contribution in [1.82, 2.24) is 4.90 Å². The van der Waals surface area contributed by atoms with Gasteiger partial charge in [-0.05, 0) is 43.4 Å². The molecule has 1 fully saturated rings. The fourth-order valence-electron chi connectivity index (χ4n) is 3.33. The molecule has 1 aliphatic carbocycles. The highest BCUT2D eigenvalue weighted by atomic mass is 16.3. The quantitative estimate of drug-likeness (QED) is 0.857. The summed E-state index contributed by atoms with van der Waals surface area (Å²) in [6.45, 7) is 7.58. The van der Waals surface area contributed by atoms with E-state index in [9.17, 15) is 0 Å². The standard InChI is InChI=1S/C16H28N2O/c1-13-6-3-8-16(14(13)2)18(10-5-9-17)12-15-7-4-11-19-15/h4,7,11,13-14,16H,3,5-6,8-10,12,17H2,1-2H3. The second-order valence-electron chi connectivity index (χ2n) is 6.03. The topological polar surface area (TPSA) is 42.4 Å². The third-order valence-electron chi connectivity index (χ3n) is 4.72. The first-order valence-corrected chi connectivity index (χ1v) is 7.69. The molecule has 3 heteroatoms. The Bertz CT molecular complexity index is 350. The van der Waals surface area contributed by atoms with Gasteiger partial charge in [-0.25, -0.2) is 0 Å². The van der Waals surface area contributed by atoms with E-state index in [1.807, 2.05) is 6.07 Å². The summed E-state index contributed by atoms with van der Waals surface area (Å²) in [6.07, 6.45) is 6.88. The van der Waals surface area contributed by atoms with Crippen molar-refractivity contribution in [3.8, 4) is 0 Å². The van der Waals surface area contributed by atoms with Gasteiger partial charge >= 0.3 is 0 Å². The second-order valence-corrected chi connectivity index (χ2v) is 6.03. The van der Waals surface area contributed by atoms with Gasteiger partial charge < -0.3 is 10.2 Å². The molecule has 108 valence electrons. The number of nitrogens with zero attached hydrogens (tertiary/aromatic N) is 1. The van der Waals surface area contributed by atoms with Crippen LogP contribution in [-0.4, -0.2) is 24.0 Å². The SMILES string of the molecule is CC1CCCC(N(CCCN)Cc2ccco2)C1C. The van der Waals surface area contributed by atoms with Crippen molar-refractivity contribution < 1.29 is 4.42 Å². The van der Waals surface area contributed by atoms with Crippen LogP contribution < -0.4 is 5.73 Å². The number of furan rings is 1. The third-order valence-corrected chi connectivity index (χ3v) is 4.72. The van der Waals surface area contributed by atoms with Gasteiger partial charge in [-0.2, -0.15) is 0 Å². The Balaban J connectivity index is 2.02. The molecule has 1 aromatic heterocycles. The van der Waals surface area contributed by atoms with Crippen LogP contribution in [0.2, 0.25) is 0 Å². The van der Waals surface area contributed by atoms with Crippen LogP contribution in [0.3, 0.4) is 0 Å². The number of rotatable bonds is 6. The van der Waals surface area contributed by atoms with Crippen molar-refractivity contribution in [2.75, 3.05) is 13.1 Å². The van der Waals surface area contributed by atoms with Gasteiger partial charge in [-0.15, -0.1) is 0 Å². The van der Waals surface area contributed by atoms with Crippen molar-refractivity contribution in [1.29, 1.82) is 0 Å². The van der Waals surface area contributed by atoms with E-state index >= 15 is 0 Å². The molecule has 0 radical (unpaired) electrons. The summed E-state index contributed by atoms with van der Waals surface area (Å²) in [6, 6.07) is 4.73. The van der Waals surface area contributed by atoms with Crippen LogP contribution in [0.5, 0.6) is 0 Å². The Labute approximate surface area is 117 Å². The second kappa shape index (κ2) is 7.11. The van der Waals surface area contributed by atoms with Crippen molar-refractivity contribution in [3.05, 3.63) is 24.2 Å². The van der Waals surface area contributed by atoms with E-state index in [1.165, 1.54) is 19.3 Å². The zero-order chi connectivity index (χ0) is 13.7. The summed E-state index contributed by atoms with van der Waals surface area (Å²) < 4.78 is 5.52. The van der Waals surface area contributed by atoms with Crippen molar-refractivity contribution >= 4 is 0 Å². The van der Waals surface area contributed by atoms with Crippen LogP contribution in [0.1, 0.15) is 45.3 Å². The number of nitrogens with two attached hydrogens (primary N) is 1. The highest BCUT2D eigenvalue weighted by Crippen LogP contribution is 2.33. The van der Waals surface area contributed by atoms with Gasteiger partial charge in [0.15, 0.2) is 0 Å². The molecule has 1 heterocycles. The predicted molar refractivity (Wildman–Crippen MR) is 78.8 cm³/mol. The molecule has 0 amide bonds. The first-order valence-electron chi connectivity index (χ1n) is 7.69. The minimum Gasteiger partial charge on any atom is -0.468 e. The normalized spacial score (nSPS) is 27.9. The van der Waals surface area contributed by atoms with Gasteiger partial charge in [-0.1, -0.05) is 26.7 Å². The summed E-state index contributed by atoms with van der Waals surface area (Å²) in [5, 5.41) is 0. The smallest absolute Gasteiger partial charge is 0.117 e. The van der Waals surface area contributed by atoms with Gasteiger partial charge in [0.1, 0.15) is 5.76 Å². The first-order chi connectivity index (χ1) is 9.22. The van der Waals surface area contributed by atoms with E-state index in [-0.39, 0.29) is 0 Å². The molecule has 3 unspecified atom stereocenters. The molecular formula is C16H28N2O. The Morgan fingerprint density at radius 2 is 2.21 bits per heavy atom. The summed E-state index contributed by atoms with van der Waals surface area (Å²) in [7, 11) is 0. The first kappa shape index (κ1) is 14.6. The molecule has 2 rings (SSSR count). The lowest BCUT2D eigenvalue weighted by Gasteiger charge is -2.41. The maximum Gasteiger partial charge on any atom is 0.117 e. The van der Waals surface area contributed by atoms with Crippen molar-refractivity contribution in [2.45, 2.75) is 52.1 Å². The Kier molecular flexibility index (Phi) is 5.46. The monoisotopic (exact) mass is 264 g/mol. The summed E-state index contributed by atoms with van der Waals surface area (Å²) >= 11 is 0. The molecule has 19 heavy (non-hydrogen) atoms. The average molecular weight is 264 g/mol. The van der Waals surface area contributed by atoms with E-state index in [0.29, 0.717) is 6.04 Å². The minimum atomic E-state index is 0.681. The van der Waals surface area contributed by atoms with E-state index in [2.05, 4.69) is 24.8 Å². The highest BCUT2D eigenvalue weighted by molar-refractivity contribution is 4.99. The molecule has 0 aliphatic heterocycles. The zero-order valence-corrected chi connectivity index (χ0v) is 12.3. The summed E-state index contributed by atoms with van der Waals surface area (Å²) in [5.74, 6) is 2.67. The van der Waals surface area contributed by atoms with Crippen LogP contribution in [-0.2, 0) is 6.54 Å². The molecule has 0 saturated heterocycles. The van der Waals surface area contributed by atoms with Crippen LogP contribution >= 0.6 is 0 Å². The van der Waals surface area contributed by atoms with E-state index in [4.69, 9.17) is 10.2 Å². The molecular weight excluding hydrogens is 236 g/mol. The lowest BCUT2D eigenvalue weighted by atomic mass is 9.77. The number of hydrogen-bond donors (Lipinski definition) is 1. The van der Waals surface area contributed by atoms with Gasteiger partial charge in [0.2, 0.25) is 0 Å². The Morgan fingerprint density at radius 3 is 2.89 bits per heavy atom. The predicted octanol–water partition coefficient (Wildman–Crippen LogP) is 3.26. The lowest BCUT2D eigenvalue weighted by Crippen LogP contribution is -2.44. The van der Waals surface area contributed by atoms with Crippen molar-refractivity contribution in [3.63, 3.8) is 0 Å². The molecule has 3 nitrogen and oxygen atoms in total. The molecule has 2 N–H and O–H groups in total. The number of hydrogen-bond acceptors (Lipinski definition) is 3. The molecule has 3 atom stereocenters. The Hall–Kier alpha value is -0.800. The fourth-order valence-corrected chi connectivity index (χ4v) is 3.33. The maximum absolute atomic E-state index is 5.69.